The number of hydrogen-bond acceptors (Lipinski definition) is 13. The van der Waals surface area contributed by atoms with Crippen molar-refractivity contribution in [2.75, 3.05) is 19.8 Å². The minimum atomic E-state index is -1.73. The van der Waals surface area contributed by atoms with E-state index in [0.717, 1.165) is 38.6 Å². The van der Waals surface area contributed by atoms with Crippen LogP contribution in [0.15, 0.2) is 11.6 Å². The minimum Gasteiger partial charge on any atom is -0.394 e. The van der Waals surface area contributed by atoms with Gasteiger partial charge in [0.1, 0.15) is 54.6 Å². The van der Waals surface area contributed by atoms with Crippen LogP contribution >= 0.6 is 0 Å². The molecule has 4 saturated heterocycles. The van der Waals surface area contributed by atoms with E-state index < -0.39 is 74.6 Å². The van der Waals surface area contributed by atoms with E-state index >= 15 is 0 Å². The van der Waals surface area contributed by atoms with Gasteiger partial charge in [-0.1, -0.05) is 39.3 Å². The van der Waals surface area contributed by atoms with E-state index in [1.54, 1.807) is 0 Å². The van der Waals surface area contributed by atoms with E-state index in [2.05, 4.69) is 39.1 Å². The van der Waals surface area contributed by atoms with Gasteiger partial charge in [0.15, 0.2) is 12.6 Å². The molecule has 13 heteroatoms. The molecule has 7 unspecified atom stereocenters. The molecule has 8 rings (SSSR count). The molecule has 21 atom stereocenters. The Bertz CT molecular complexity index is 1330. The highest BCUT2D eigenvalue weighted by Crippen LogP contribution is 2.70. The van der Waals surface area contributed by atoms with Crippen molar-refractivity contribution in [2.45, 2.75) is 165 Å². The highest BCUT2D eigenvalue weighted by Gasteiger charge is 2.68. The number of aliphatic hydroxyl groups excluding tert-OH is 7. The first-order valence-corrected chi connectivity index (χ1v) is 20.1. The number of nitrogens with one attached hydrogen (secondary N) is 1. The topological polar surface area (TPSA) is 200 Å². The smallest absolute Gasteiger partial charge is 0.187 e. The third-order valence-electron chi connectivity index (χ3n) is 15.8. The summed E-state index contributed by atoms with van der Waals surface area (Å²) < 4.78 is 30.6. The molecule has 0 aromatic heterocycles. The fraction of sp³-hybridized carbons (Fsp3) is 0.949. The van der Waals surface area contributed by atoms with Crippen molar-refractivity contribution >= 4 is 0 Å². The molecule has 13 nitrogen and oxygen atoms in total. The zero-order valence-corrected chi connectivity index (χ0v) is 31.1. The summed E-state index contributed by atoms with van der Waals surface area (Å²) in [5, 5.41) is 76.8. The van der Waals surface area contributed by atoms with Crippen molar-refractivity contribution in [1.29, 1.82) is 0 Å². The monoisotopic (exact) mass is 737 g/mol. The van der Waals surface area contributed by atoms with E-state index in [0.29, 0.717) is 48.0 Å². The zero-order chi connectivity index (χ0) is 36.9. The lowest BCUT2D eigenvalue weighted by Crippen LogP contribution is -2.65. The van der Waals surface area contributed by atoms with Crippen molar-refractivity contribution in [3.63, 3.8) is 0 Å². The molecule has 8 aliphatic rings. The summed E-state index contributed by atoms with van der Waals surface area (Å²) >= 11 is 0. The van der Waals surface area contributed by atoms with E-state index in [1.165, 1.54) is 24.8 Å². The van der Waals surface area contributed by atoms with E-state index in [1.807, 2.05) is 0 Å². The van der Waals surface area contributed by atoms with Gasteiger partial charge in [-0.05, 0) is 98.2 Å². The lowest BCUT2D eigenvalue weighted by atomic mass is 9.47. The number of allylic oxidation sites excluding steroid dienone is 1. The molecule has 8 N–H and O–H groups in total. The Morgan fingerprint density at radius 2 is 1.52 bits per heavy atom. The van der Waals surface area contributed by atoms with Gasteiger partial charge in [0, 0.05) is 12.5 Å². The predicted octanol–water partition coefficient (Wildman–Crippen LogP) is 0.935. The maximum Gasteiger partial charge on any atom is 0.187 e. The third kappa shape index (κ3) is 5.90. The number of fused-ring (bicyclic) bond motifs is 7. The van der Waals surface area contributed by atoms with Gasteiger partial charge in [-0.15, -0.1) is 0 Å². The SMILES string of the molecule is CC1CCC2(NC1)OC1CC3C4CC=C5C[C@@H](O[C@@H]6O[C@H](CO)[C@H](O)[C@@H](O[C@@H]7O[C@H](CO)[C@@H](O)[C@@H](O)[C@H]7O)[C@H]6O)CC[C@]5(C)C4CC[C@]3(C)C1[C@@H]2C. The second-order valence-corrected chi connectivity index (χ2v) is 18.4. The fourth-order valence-electron chi connectivity index (χ4n) is 12.8. The van der Waals surface area contributed by atoms with Crippen molar-refractivity contribution in [3.8, 4) is 0 Å². The molecule has 3 saturated carbocycles. The van der Waals surface area contributed by atoms with Crippen LogP contribution in [0, 0.1) is 46.3 Å². The second-order valence-electron chi connectivity index (χ2n) is 18.4. The number of piperidine rings is 1. The van der Waals surface area contributed by atoms with Gasteiger partial charge >= 0.3 is 0 Å². The fourth-order valence-corrected chi connectivity index (χ4v) is 12.8. The van der Waals surface area contributed by atoms with Crippen molar-refractivity contribution in [3.05, 3.63) is 11.6 Å². The Morgan fingerprint density at radius 1 is 0.808 bits per heavy atom. The molecule has 7 fully saturated rings. The first kappa shape index (κ1) is 38.1. The summed E-state index contributed by atoms with van der Waals surface area (Å²) in [4.78, 5) is 0. The normalized spacial score (nSPS) is 57.5. The van der Waals surface area contributed by atoms with Crippen LogP contribution in [0.2, 0.25) is 0 Å². The van der Waals surface area contributed by atoms with Gasteiger partial charge in [0.2, 0.25) is 0 Å². The van der Waals surface area contributed by atoms with Crippen molar-refractivity contribution < 1.29 is 59.4 Å². The van der Waals surface area contributed by atoms with Crippen LogP contribution < -0.4 is 5.32 Å². The lowest BCUT2D eigenvalue weighted by molar-refractivity contribution is -0.364. The van der Waals surface area contributed by atoms with Gasteiger partial charge in [-0.25, -0.2) is 0 Å². The van der Waals surface area contributed by atoms with E-state index in [9.17, 15) is 35.7 Å². The lowest BCUT2D eigenvalue weighted by Gasteiger charge is -2.59. The average Bonchev–Trinajstić information content (AvgIpc) is 3.58. The maximum atomic E-state index is 11.4. The summed E-state index contributed by atoms with van der Waals surface area (Å²) in [5.74, 6) is 3.63. The van der Waals surface area contributed by atoms with E-state index in [-0.39, 0.29) is 22.7 Å². The molecular formula is C39H63NO12. The van der Waals surface area contributed by atoms with Gasteiger partial charge in [0.05, 0.1) is 25.4 Å². The summed E-state index contributed by atoms with van der Waals surface area (Å²) in [7, 11) is 0. The van der Waals surface area contributed by atoms with E-state index in [4.69, 9.17) is 23.7 Å². The van der Waals surface area contributed by atoms with Crippen LogP contribution in [-0.4, -0.2) is 135 Å². The van der Waals surface area contributed by atoms with Crippen LogP contribution in [0.1, 0.15) is 85.5 Å². The largest absolute Gasteiger partial charge is 0.394 e. The van der Waals surface area contributed by atoms with Crippen molar-refractivity contribution in [1.82, 2.24) is 5.32 Å². The number of aliphatic hydroxyl groups is 7. The molecule has 0 aromatic rings. The summed E-state index contributed by atoms with van der Waals surface area (Å²) in [6.45, 7) is 9.61. The van der Waals surface area contributed by atoms with Crippen LogP contribution in [0.3, 0.4) is 0 Å². The van der Waals surface area contributed by atoms with Crippen LogP contribution in [0.5, 0.6) is 0 Å². The molecule has 4 aliphatic carbocycles. The Hall–Kier alpha value is -0.780. The predicted molar refractivity (Wildman–Crippen MR) is 185 cm³/mol. The quantitative estimate of drug-likeness (QED) is 0.179. The standard InChI is InChI=1S/C39H63NO12/c1-18-7-12-39(40-15-18)19(2)28-25(52-39)14-24-22-6-5-20-13-21(8-10-37(20,3)23(22)9-11-38(24,28)4)48-36-33(47)34(30(44)27(17-42)50-36)51-35-32(46)31(45)29(43)26(16-41)49-35/h5,18-19,21-36,40-47H,6-17H2,1-4H3/t18?,19-,21-,22?,23?,24?,25?,26+,27+,28?,29+,30-,31+,32+,33+,34+,35-,36+,37-,38-,39?/m0/s1. The van der Waals surface area contributed by atoms with Crippen molar-refractivity contribution in [2.24, 2.45) is 46.3 Å². The highest BCUT2D eigenvalue weighted by atomic mass is 16.7. The molecule has 0 amide bonds. The maximum absolute atomic E-state index is 11.4. The first-order valence-electron chi connectivity index (χ1n) is 20.1. The third-order valence-corrected chi connectivity index (χ3v) is 15.8. The molecule has 0 aromatic carbocycles. The highest BCUT2D eigenvalue weighted by molar-refractivity contribution is 5.26. The van der Waals surface area contributed by atoms with Crippen LogP contribution in [0.4, 0.5) is 0 Å². The molecule has 52 heavy (non-hydrogen) atoms. The number of hydrogen-bond donors (Lipinski definition) is 8. The van der Waals surface area contributed by atoms with Crippen LogP contribution in [0.25, 0.3) is 0 Å². The molecule has 1 spiro atoms. The zero-order valence-electron chi connectivity index (χ0n) is 31.1. The summed E-state index contributed by atoms with van der Waals surface area (Å²) in [5.41, 5.74) is 1.57. The molecular weight excluding hydrogens is 674 g/mol. The molecule has 0 radical (unpaired) electrons. The van der Waals surface area contributed by atoms with Gasteiger partial charge < -0.3 is 59.4 Å². The van der Waals surface area contributed by atoms with Gasteiger partial charge in [-0.3, -0.25) is 5.32 Å². The Labute approximate surface area is 307 Å². The average molecular weight is 738 g/mol. The Morgan fingerprint density at radius 3 is 2.21 bits per heavy atom. The molecule has 0 bridgehead atoms. The second kappa shape index (κ2) is 14.0. The van der Waals surface area contributed by atoms with Crippen LogP contribution in [-0.2, 0) is 23.7 Å². The summed E-state index contributed by atoms with van der Waals surface area (Å²) in [6.07, 6.45) is -2.81. The Kier molecular flexibility index (Phi) is 10.3. The minimum absolute atomic E-state index is 0.0567. The number of rotatable bonds is 6. The van der Waals surface area contributed by atoms with Gasteiger partial charge in [-0.2, -0.15) is 0 Å². The first-order chi connectivity index (χ1) is 24.7. The van der Waals surface area contributed by atoms with Gasteiger partial charge in [0.25, 0.3) is 0 Å². The Balaban J connectivity index is 0.938. The molecule has 4 aliphatic heterocycles. The number of ether oxygens (including phenoxy) is 5. The molecule has 4 heterocycles. The molecule has 296 valence electrons. The summed E-state index contributed by atoms with van der Waals surface area (Å²) in [6, 6.07) is 0.